The number of carbonyl (C=O) groups excluding carboxylic acids is 2. The molecular weight excluding hydrogens is 248 g/mol. The summed E-state index contributed by atoms with van der Waals surface area (Å²) in [6, 6.07) is 1.55. The Morgan fingerprint density at radius 3 is 2.11 bits per heavy atom. The van der Waals surface area contributed by atoms with Crippen LogP contribution in [-0.2, 0) is 9.59 Å². The van der Waals surface area contributed by atoms with Gasteiger partial charge in [0.15, 0.2) is 11.5 Å². The van der Waals surface area contributed by atoms with Crippen LogP contribution < -0.4 is 9.47 Å². The van der Waals surface area contributed by atoms with Gasteiger partial charge in [0, 0.05) is 19.4 Å². The predicted octanol–water partition coefficient (Wildman–Crippen LogP) is 2.67. The molecule has 0 unspecified atom stereocenters. The van der Waals surface area contributed by atoms with E-state index in [1.807, 2.05) is 13.8 Å². The molecule has 0 saturated carbocycles. The molecule has 0 bridgehead atoms. The highest BCUT2D eigenvalue weighted by atomic mass is 16.5. The van der Waals surface area contributed by atoms with Crippen molar-refractivity contribution in [3.8, 4) is 17.2 Å². The van der Waals surface area contributed by atoms with E-state index in [1.54, 1.807) is 13.0 Å². The first-order valence-electron chi connectivity index (χ1n) is 5.97. The molecule has 19 heavy (non-hydrogen) atoms. The minimum Gasteiger partial charge on any atom is -0.504 e. The van der Waals surface area contributed by atoms with Crippen LogP contribution in [0.3, 0.4) is 0 Å². The summed E-state index contributed by atoms with van der Waals surface area (Å²) in [6.07, 6.45) is 0. The molecule has 0 aliphatic carbocycles. The SMILES string of the molecule is CC(=O)Oc1cc(C)c(O)c(OC(C)=O)c1C(C)C. The van der Waals surface area contributed by atoms with E-state index in [0.717, 1.165) is 0 Å². The summed E-state index contributed by atoms with van der Waals surface area (Å²) < 4.78 is 10.2. The van der Waals surface area contributed by atoms with Gasteiger partial charge in [-0.2, -0.15) is 0 Å². The standard InChI is InChI=1S/C14H18O5/c1-7(2)12-11(18-9(4)15)6-8(3)13(17)14(12)19-10(5)16/h6-7,17H,1-5H3. The lowest BCUT2D eigenvalue weighted by Gasteiger charge is -2.18. The fourth-order valence-electron chi connectivity index (χ4n) is 1.79. The monoisotopic (exact) mass is 266 g/mol. The van der Waals surface area contributed by atoms with E-state index in [9.17, 15) is 14.7 Å². The maximum Gasteiger partial charge on any atom is 0.308 e. The van der Waals surface area contributed by atoms with Crippen LogP contribution >= 0.6 is 0 Å². The van der Waals surface area contributed by atoms with Gasteiger partial charge in [-0.25, -0.2) is 0 Å². The topological polar surface area (TPSA) is 72.8 Å². The third-order valence-electron chi connectivity index (χ3n) is 2.52. The molecule has 1 N–H and O–H groups in total. The Labute approximate surface area is 112 Å². The van der Waals surface area contributed by atoms with Crippen LogP contribution in [-0.4, -0.2) is 17.0 Å². The van der Waals surface area contributed by atoms with Crippen molar-refractivity contribution in [1.82, 2.24) is 0 Å². The van der Waals surface area contributed by atoms with Crippen LogP contribution in [0.1, 0.15) is 44.7 Å². The largest absolute Gasteiger partial charge is 0.504 e. The third-order valence-corrected chi connectivity index (χ3v) is 2.52. The molecule has 1 aromatic rings. The van der Waals surface area contributed by atoms with Crippen LogP contribution in [0.25, 0.3) is 0 Å². The average molecular weight is 266 g/mol. The van der Waals surface area contributed by atoms with E-state index in [-0.39, 0.29) is 17.4 Å². The Morgan fingerprint density at radius 1 is 1.16 bits per heavy atom. The second-order valence-corrected chi connectivity index (χ2v) is 4.62. The molecule has 1 aromatic carbocycles. The molecule has 0 aliphatic heterocycles. The predicted molar refractivity (Wildman–Crippen MR) is 69.6 cm³/mol. The van der Waals surface area contributed by atoms with Crippen molar-refractivity contribution in [1.29, 1.82) is 0 Å². The van der Waals surface area contributed by atoms with Gasteiger partial charge < -0.3 is 14.6 Å². The molecule has 0 fully saturated rings. The average Bonchev–Trinajstić information content (AvgIpc) is 2.23. The molecule has 0 heterocycles. The molecule has 0 saturated heterocycles. The second-order valence-electron chi connectivity index (χ2n) is 4.62. The summed E-state index contributed by atoms with van der Waals surface area (Å²) in [5.74, 6) is -0.866. The van der Waals surface area contributed by atoms with Gasteiger partial charge in [-0.05, 0) is 24.5 Å². The van der Waals surface area contributed by atoms with Crippen molar-refractivity contribution in [2.75, 3.05) is 0 Å². The van der Waals surface area contributed by atoms with E-state index in [4.69, 9.17) is 9.47 Å². The van der Waals surface area contributed by atoms with Crippen molar-refractivity contribution in [3.05, 3.63) is 17.2 Å². The minimum absolute atomic E-state index is 0.0544. The highest BCUT2D eigenvalue weighted by Gasteiger charge is 2.23. The molecule has 0 amide bonds. The van der Waals surface area contributed by atoms with Gasteiger partial charge in [-0.15, -0.1) is 0 Å². The van der Waals surface area contributed by atoms with Gasteiger partial charge >= 0.3 is 11.9 Å². The third kappa shape index (κ3) is 3.47. The Morgan fingerprint density at radius 2 is 1.68 bits per heavy atom. The number of aryl methyl sites for hydroxylation is 1. The number of ether oxygens (including phenoxy) is 2. The maximum absolute atomic E-state index is 11.1. The summed E-state index contributed by atoms with van der Waals surface area (Å²) in [5.41, 5.74) is 0.963. The van der Waals surface area contributed by atoms with Gasteiger partial charge in [0.25, 0.3) is 0 Å². The number of phenolic OH excluding ortho intramolecular Hbond substituents is 1. The van der Waals surface area contributed by atoms with Crippen LogP contribution in [0.2, 0.25) is 0 Å². The molecule has 5 nitrogen and oxygen atoms in total. The zero-order valence-corrected chi connectivity index (χ0v) is 11.7. The Balaban J connectivity index is 3.51. The van der Waals surface area contributed by atoms with Crippen molar-refractivity contribution >= 4 is 11.9 Å². The molecule has 0 aliphatic rings. The highest BCUT2D eigenvalue weighted by Crippen LogP contribution is 2.43. The second kappa shape index (κ2) is 5.73. The van der Waals surface area contributed by atoms with Gasteiger partial charge in [-0.1, -0.05) is 13.8 Å². The van der Waals surface area contributed by atoms with Crippen molar-refractivity contribution in [3.63, 3.8) is 0 Å². The van der Waals surface area contributed by atoms with Gasteiger partial charge in [0.2, 0.25) is 0 Å². The Hall–Kier alpha value is -2.04. The number of hydrogen-bond donors (Lipinski definition) is 1. The van der Waals surface area contributed by atoms with E-state index in [1.165, 1.54) is 13.8 Å². The number of aromatic hydroxyl groups is 1. The van der Waals surface area contributed by atoms with E-state index in [2.05, 4.69) is 0 Å². The van der Waals surface area contributed by atoms with E-state index in [0.29, 0.717) is 16.9 Å². The van der Waals surface area contributed by atoms with Crippen LogP contribution in [0.4, 0.5) is 0 Å². The number of carbonyl (C=O) groups is 2. The van der Waals surface area contributed by atoms with Crippen molar-refractivity contribution in [2.45, 2.75) is 40.5 Å². The lowest BCUT2D eigenvalue weighted by molar-refractivity contribution is -0.132. The highest BCUT2D eigenvalue weighted by molar-refractivity contribution is 5.75. The first-order chi connectivity index (χ1) is 8.73. The minimum atomic E-state index is -0.545. The maximum atomic E-state index is 11.1. The fraction of sp³-hybridized carbons (Fsp3) is 0.429. The van der Waals surface area contributed by atoms with Crippen LogP contribution in [0.15, 0.2) is 6.07 Å². The zero-order valence-electron chi connectivity index (χ0n) is 11.7. The molecule has 0 radical (unpaired) electrons. The molecule has 5 heteroatoms. The summed E-state index contributed by atoms with van der Waals surface area (Å²) in [6.45, 7) is 7.88. The molecule has 0 atom stereocenters. The van der Waals surface area contributed by atoms with Gasteiger partial charge in [0.05, 0.1) is 0 Å². The van der Waals surface area contributed by atoms with Crippen molar-refractivity contribution in [2.24, 2.45) is 0 Å². The Kier molecular flexibility index (Phi) is 4.53. The first kappa shape index (κ1) is 15.0. The number of esters is 2. The fourth-order valence-corrected chi connectivity index (χ4v) is 1.79. The van der Waals surface area contributed by atoms with Crippen LogP contribution in [0.5, 0.6) is 17.2 Å². The number of hydrogen-bond acceptors (Lipinski definition) is 5. The normalized spacial score (nSPS) is 10.4. The summed E-state index contributed by atoms with van der Waals surface area (Å²) >= 11 is 0. The quantitative estimate of drug-likeness (QED) is 0.672. The van der Waals surface area contributed by atoms with Crippen LogP contribution in [0, 0.1) is 6.92 Å². The van der Waals surface area contributed by atoms with E-state index < -0.39 is 11.9 Å². The number of rotatable bonds is 3. The Bertz CT molecular complexity index is 517. The van der Waals surface area contributed by atoms with E-state index >= 15 is 0 Å². The van der Waals surface area contributed by atoms with Crippen molar-refractivity contribution < 1.29 is 24.2 Å². The van der Waals surface area contributed by atoms with Gasteiger partial charge in [-0.3, -0.25) is 9.59 Å². The summed E-state index contributed by atoms with van der Waals surface area (Å²) in [5, 5.41) is 10.0. The molecule has 1 rings (SSSR count). The first-order valence-corrected chi connectivity index (χ1v) is 5.97. The molecule has 0 spiro atoms. The lowest BCUT2D eigenvalue weighted by atomic mass is 9.98. The zero-order chi connectivity index (χ0) is 14.7. The number of benzene rings is 1. The number of phenols is 1. The molecular formula is C14H18O5. The smallest absolute Gasteiger partial charge is 0.308 e. The van der Waals surface area contributed by atoms with Gasteiger partial charge in [0.1, 0.15) is 5.75 Å². The molecule has 104 valence electrons. The molecule has 0 aromatic heterocycles. The summed E-state index contributed by atoms with van der Waals surface area (Å²) in [7, 11) is 0. The summed E-state index contributed by atoms with van der Waals surface area (Å²) in [4.78, 5) is 22.3. The lowest BCUT2D eigenvalue weighted by Crippen LogP contribution is -2.10.